The molecule has 1 aliphatic rings. The number of hydrogen-bond acceptors (Lipinski definition) is 3. The Morgan fingerprint density at radius 3 is 2.72 bits per heavy atom. The Morgan fingerprint density at radius 1 is 1.22 bits per heavy atom. The third-order valence-electron chi connectivity index (χ3n) is 4.41. The van der Waals surface area contributed by atoms with Crippen LogP contribution in [0.4, 0.5) is 0 Å². The van der Waals surface area contributed by atoms with E-state index in [-0.39, 0.29) is 0 Å². The maximum Gasteiger partial charge on any atom is 0.138 e. The average Bonchev–Trinajstić information content (AvgIpc) is 2.58. The van der Waals surface area contributed by atoms with Gasteiger partial charge in [0, 0.05) is 18.2 Å². The van der Waals surface area contributed by atoms with Gasteiger partial charge in [-0.3, -0.25) is 0 Å². The van der Waals surface area contributed by atoms with Crippen LogP contribution < -0.4 is 5.32 Å². The van der Waals surface area contributed by atoms with Crippen molar-refractivity contribution in [1.82, 2.24) is 10.5 Å². The Labute approximate surface area is 110 Å². The highest BCUT2D eigenvalue weighted by atomic mass is 16.5. The zero-order chi connectivity index (χ0) is 13.0. The molecule has 0 spiro atoms. The van der Waals surface area contributed by atoms with Crippen molar-refractivity contribution < 1.29 is 4.52 Å². The molecule has 1 N–H and O–H groups in total. The van der Waals surface area contributed by atoms with Crippen molar-refractivity contribution in [2.75, 3.05) is 0 Å². The van der Waals surface area contributed by atoms with E-state index in [1.807, 2.05) is 13.8 Å². The van der Waals surface area contributed by atoms with E-state index in [1.165, 1.54) is 44.1 Å². The molecule has 0 aromatic carbocycles. The van der Waals surface area contributed by atoms with Crippen LogP contribution in [-0.2, 0) is 6.54 Å². The summed E-state index contributed by atoms with van der Waals surface area (Å²) in [6.45, 7) is 7.25. The van der Waals surface area contributed by atoms with Crippen molar-refractivity contribution in [3.8, 4) is 0 Å². The van der Waals surface area contributed by atoms with Gasteiger partial charge in [-0.05, 0) is 39.0 Å². The zero-order valence-corrected chi connectivity index (χ0v) is 12.0. The Bertz CT molecular complexity index is 353. The number of aryl methyl sites for hydroxylation is 2. The largest absolute Gasteiger partial charge is 0.361 e. The minimum absolute atomic E-state index is 0.676. The Morgan fingerprint density at radius 2 is 2.06 bits per heavy atom. The van der Waals surface area contributed by atoms with E-state index in [0.29, 0.717) is 6.04 Å². The van der Waals surface area contributed by atoms with Crippen molar-refractivity contribution in [2.45, 2.75) is 71.9 Å². The van der Waals surface area contributed by atoms with Crippen LogP contribution in [0.5, 0.6) is 0 Å². The normalized spacial score (nSPS) is 25.1. The van der Waals surface area contributed by atoms with Crippen LogP contribution in [0.2, 0.25) is 0 Å². The highest BCUT2D eigenvalue weighted by Gasteiger charge is 2.18. The molecule has 0 radical (unpaired) electrons. The fraction of sp³-hybridized carbons (Fsp3) is 0.800. The molecule has 1 heterocycles. The summed E-state index contributed by atoms with van der Waals surface area (Å²) in [6, 6.07) is 0.676. The van der Waals surface area contributed by atoms with Gasteiger partial charge in [-0.25, -0.2) is 0 Å². The van der Waals surface area contributed by atoms with Gasteiger partial charge >= 0.3 is 0 Å². The summed E-state index contributed by atoms with van der Waals surface area (Å²) in [4.78, 5) is 0. The molecule has 2 unspecified atom stereocenters. The number of nitrogens with zero attached hydrogens (tertiary/aromatic N) is 1. The quantitative estimate of drug-likeness (QED) is 0.827. The molecule has 0 aliphatic heterocycles. The summed E-state index contributed by atoms with van der Waals surface area (Å²) in [5.41, 5.74) is 2.27. The molecule has 102 valence electrons. The van der Waals surface area contributed by atoms with E-state index in [4.69, 9.17) is 4.52 Å². The first kappa shape index (κ1) is 13.6. The van der Waals surface area contributed by atoms with E-state index >= 15 is 0 Å². The molecule has 3 nitrogen and oxygen atoms in total. The maximum atomic E-state index is 5.20. The van der Waals surface area contributed by atoms with Gasteiger partial charge in [0.2, 0.25) is 0 Å². The Kier molecular flexibility index (Phi) is 4.81. The lowest BCUT2D eigenvalue weighted by Gasteiger charge is -2.16. The molecular weight excluding hydrogens is 224 g/mol. The predicted molar refractivity (Wildman–Crippen MR) is 73.5 cm³/mol. The Hall–Kier alpha value is -0.830. The molecule has 2 atom stereocenters. The van der Waals surface area contributed by atoms with Gasteiger partial charge in [0.25, 0.3) is 0 Å². The predicted octanol–water partition coefficient (Wildman–Crippen LogP) is 3.74. The van der Waals surface area contributed by atoms with Crippen LogP contribution in [0, 0.1) is 19.8 Å². The molecule has 1 aliphatic carbocycles. The van der Waals surface area contributed by atoms with Crippen LogP contribution in [0.1, 0.15) is 62.5 Å². The van der Waals surface area contributed by atoms with Crippen molar-refractivity contribution in [1.29, 1.82) is 0 Å². The second kappa shape index (κ2) is 6.37. The minimum Gasteiger partial charge on any atom is -0.361 e. The van der Waals surface area contributed by atoms with Crippen LogP contribution in [0.25, 0.3) is 0 Å². The van der Waals surface area contributed by atoms with E-state index < -0.39 is 0 Å². The number of aromatic nitrogens is 1. The lowest BCUT2D eigenvalue weighted by atomic mass is 9.98. The third-order valence-corrected chi connectivity index (χ3v) is 4.41. The molecule has 1 aromatic rings. The van der Waals surface area contributed by atoms with Gasteiger partial charge in [0.1, 0.15) is 5.76 Å². The van der Waals surface area contributed by atoms with E-state index in [1.54, 1.807) is 0 Å². The first-order valence-corrected chi connectivity index (χ1v) is 7.35. The van der Waals surface area contributed by atoms with Crippen LogP contribution in [-0.4, -0.2) is 11.2 Å². The average molecular weight is 250 g/mol. The lowest BCUT2D eigenvalue weighted by Crippen LogP contribution is -2.28. The molecule has 0 amide bonds. The lowest BCUT2D eigenvalue weighted by molar-refractivity contribution is 0.390. The Balaban J connectivity index is 1.83. The SMILES string of the molecule is CCC1CCCC(NCc2c(C)noc2C)CC1. The minimum atomic E-state index is 0.676. The highest BCUT2D eigenvalue weighted by molar-refractivity contribution is 5.20. The molecule has 1 fully saturated rings. The van der Waals surface area contributed by atoms with E-state index in [2.05, 4.69) is 17.4 Å². The van der Waals surface area contributed by atoms with Crippen molar-refractivity contribution in [3.63, 3.8) is 0 Å². The third kappa shape index (κ3) is 3.35. The van der Waals surface area contributed by atoms with Crippen LogP contribution in [0.3, 0.4) is 0 Å². The number of rotatable bonds is 4. The second-order valence-corrected chi connectivity index (χ2v) is 5.66. The zero-order valence-electron chi connectivity index (χ0n) is 12.0. The van der Waals surface area contributed by atoms with Crippen molar-refractivity contribution in [2.24, 2.45) is 5.92 Å². The molecule has 0 saturated heterocycles. The van der Waals surface area contributed by atoms with Gasteiger partial charge in [0.15, 0.2) is 0 Å². The molecule has 18 heavy (non-hydrogen) atoms. The molecule has 3 heteroatoms. The first-order valence-electron chi connectivity index (χ1n) is 7.35. The van der Waals surface area contributed by atoms with Crippen LogP contribution in [0.15, 0.2) is 4.52 Å². The summed E-state index contributed by atoms with van der Waals surface area (Å²) in [6.07, 6.45) is 8.16. The van der Waals surface area contributed by atoms with E-state index in [0.717, 1.165) is 23.9 Å². The maximum absolute atomic E-state index is 5.20. The topological polar surface area (TPSA) is 38.1 Å². The summed E-state index contributed by atoms with van der Waals surface area (Å²) < 4.78 is 5.20. The summed E-state index contributed by atoms with van der Waals surface area (Å²) in [5.74, 6) is 1.91. The molecule has 1 aromatic heterocycles. The number of nitrogens with one attached hydrogen (secondary N) is 1. The van der Waals surface area contributed by atoms with Crippen molar-refractivity contribution in [3.05, 3.63) is 17.0 Å². The summed E-state index contributed by atoms with van der Waals surface area (Å²) in [7, 11) is 0. The molecule has 0 bridgehead atoms. The summed E-state index contributed by atoms with van der Waals surface area (Å²) >= 11 is 0. The van der Waals surface area contributed by atoms with Gasteiger partial charge in [-0.15, -0.1) is 0 Å². The van der Waals surface area contributed by atoms with Gasteiger partial charge in [0.05, 0.1) is 5.69 Å². The standard InChI is InChI=1S/C15H26N2O/c1-4-13-6-5-7-14(9-8-13)16-10-15-11(2)17-18-12(15)3/h13-14,16H,4-10H2,1-3H3. The van der Waals surface area contributed by atoms with Crippen LogP contribution >= 0.6 is 0 Å². The molecule has 2 rings (SSSR count). The fourth-order valence-corrected chi connectivity index (χ4v) is 2.99. The van der Waals surface area contributed by atoms with Gasteiger partial charge in [-0.1, -0.05) is 31.3 Å². The summed E-state index contributed by atoms with van der Waals surface area (Å²) in [5, 5.41) is 7.70. The number of hydrogen-bond donors (Lipinski definition) is 1. The van der Waals surface area contributed by atoms with Gasteiger partial charge < -0.3 is 9.84 Å². The first-order chi connectivity index (χ1) is 8.70. The highest BCUT2D eigenvalue weighted by Crippen LogP contribution is 2.25. The van der Waals surface area contributed by atoms with Crippen molar-refractivity contribution >= 4 is 0 Å². The molecular formula is C15H26N2O. The van der Waals surface area contributed by atoms with E-state index in [9.17, 15) is 0 Å². The van der Waals surface area contributed by atoms with Gasteiger partial charge in [-0.2, -0.15) is 0 Å². The monoisotopic (exact) mass is 250 g/mol. The molecule has 1 saturated carbocycles. The smallest absolute Gasteiger partial charge is 0.138 e. The fourth-order valence-electron chi connectivity index (χ4n) is 2.99. The second-order valence-electron chi connectivity index (χ2n) is 5.66.